The van der Waals surface area contributed by atoms with E-state index in [1.54, 1.807) is 0 Å². The molecule has 0 aromatic heterocycles. The van der Waals surface area contributed by atoms with Gasteiger partial charge in [-0.2, -0.15) is 0 Å². The van der Waals surface area contributed by atoms with E-state index in [0.717, 1.165) is 37.4 Å². The van der Waals surface area contributed by atoms with Gasteiger partial charge in [0, 0.05) is 5.69 Å². The van der Waals surface area contributed by atoms with Crippen molar-refractivity contribution in [3.63, 3.8) is 0 Å². The lowest BCUT2D eigenvalue weighted by molar-refractivity contribution is -0.0284. The summed E-state index contributed by atoms with van der Waals surface area (Å²) >= 11 is 0. The molecule has 166 valence electrons. The number of rotatable bonds is 17. The fourth-order valence-electron chi connectivity index (χ4n) is 2.78. The van der Waals surface area contributed by atoms with Crippen LogP contribution in [0.4, 0.5) is 5.69 Å². The van der Waals surface area contributed by atoms with Crippen molar-refractivity contribution >= 4 is 5.69 Å². The molecule has 1 aliphatic heterocycles. The van der Waals surface area contributed by atoms with Crippen LogP contribution in [0.3, 0.4) is 0 Å². The minimum atomic E-state index is 0.383. The number of nitrogen functional groups attached to an aromatic ring is 1. The normalized spacial score (nSPS) is 14.9. The lowest BCUT2D eigenvalue weighted by Gasteiger charge is -2.22. The van der Waals surface area contributed by atoms with Crippen LogP contribution in [-0.4, -0.2) is 85.3 Å². The molecule has 2 rings (SSSR count). The van der Waals surface area contributed by atoms with Crippen LogP contribution in [0, 0.1) is 0 Å². The maximum atomic E-state index is 5.77. The average Bonchev–Trinajstić information content (AvgIpc) is 2.75. The van der Waals surface area contributed by atoms with E-state index in [2.05, 4.69) is 5.32 Å². The Kier molecular flexibility index (Phi) is 13.5. The number of hydrogen-bond acceptors (Lipinski definition) is 8. The number of hydrogen-bond donors (Lipinski definition) is 2. The molecule has 0 atom stereocenters. The van der Waals surface area contributed by atoms with E-state index < -0.39 is 0 Å². The second-order valence-corrected chi connectivity index (χ2v) is 6.69. The third-order valence-electron chi connectivity index (χ3n) is 4.36. The van der Waals surface area contributed by atoms with Crippen molar-refractivity contribution in [1.82, 2.24) is 5.32 Å². The third kappa shape index (κ3) is 12.7. The molecule has 0 spiro atoms. The van der Waals surface area contributed by atoms with Gasteiger partial charge in [-0.15, -0.1) is 0 Å². The van der Waals surface area contributed by atoms with Gasteiger partial charge in [0.15, 0.2) is 0 Å². The SMILES string of the molecule is Nc1ccc(OCCOCCOCCOCCOCCOC2CCNCC2)cc1. The molecule has 1 aromatic rings. The molecule has 0 radical (unpaired) electrons. The topological polar surface area (TPSA) is 93.4 Å². The minimum Gasteiger partial charge on any atom is -0.491 e. The highest BCUT2D eigenvalue weighted by molar-refractivity contribution is 5.41. The first-order valence-corrected chi connectivity index (χ1v) is 10.5. The van der Waals surface area contributed by atoms with Gasteiger partial charge < -0.3 is 39.5 Å². The zero-order valence-electron chi connectivity index (χ0n) is 17.3. The quantitative estimate of drug-likeness (QED) is 0.294. The molecule has 1 fully saturated rings. The molecule has 1 saturated heterocycles. The van der Waals surface area contributed by atoms with E-state index in [1.807, 2.05) is 24.3 Å². The van der Waals surface area contributed by atoms with Gasteiger partial charge in [-0.05, 0) is 50.2 Å². The Labute approximate surface area is 173 Å². The largest absolute Gasteiger partial charge is 0.491 e. The predicted molar refractivity (Wildman–Crippen MR) is 111 cm³/mol. The number of ether oxygens (including phenoxy) is 6. The smallest absolute Gasteiger partial charge is 0.119 e. The zero-order chi connectivity index (χ0) is 20.4. The van der Waals surface area contributed by atoms with E-state index in [-0.39, 0.29) is 0 Å². The highest BCUT2D eigenvalue weighted by Crippen LogP contribution is 2.12. The zero-order valence-corrected chi connectivity index (χ0v) is 17.3. The Morgan fingerprint density at radius 2 is 1.17 bits per heavy atom. The predicted octanol–water partition coefficient (Wildman–Crippen LogP) is 1.48. The summed E-state index contributed by atoms with van der Waals surface area (Å²) in [6.07, 6.45) is 2.56. The standard InChI is InChI=1S/C21H36N2O6/c22-19-1-3-20(4-2-19)28-17-15-26-13-11-24-9-10-25-12-14-27-16-18-29-21-5-7-23-8-6-21/h1-4,21,23H,5-18,22H2. The Hall–Kier alpha value is -1.42. The van der Waals surface area contributed by atoms with Crippen LogP contribution in [0.15, 0.2) is 24.3 Å². The number of nitrogens with two attached hydrogens (primary N) is 1. The van der Waals surface area contributed by atoms with Crippen molar-refractivity contribution in [1.29, 1.82) is 0 Å². The van der Waals surface area contributed by atoms with E-state index >= 15 is 0 Å². The molecule has 8 nitrogen and oxygen atoms in total. The van der Waals surface area contributed by atoms with Crippen LogP contribution in [0.5, 0.6) is 5.75 Å². The molecule has 1 aromatic carbocycles. The van der Waals surface area contributed by atoms with Crippen LogP contribution in [0.2, 0.25) is 0 Å². The van der Waals surface area contributed by atoms with Gasteiger partial charge in [-0.25, -0.2) is 0 Å². The molecule has 0 saturated carbocycles. The minimum absolute atomic E-state index is 0.383. The molecule has 1 heterocycles. The van der Waals surface area contributed by atoms with Gasteiger partial charge in [0.1, 0.15) is 12.4 Å². The molecule has 0 aliphatic carbocycles. The molecule has 8 heteroatoms. The van der Waals surface area contributed by atoms with Crippen molar-refractivity contribution in [2.45, 2.75) is 18.9 Å². The summed E-state index contributed by atoms with van der Waals surface area (Å²) in [6.45, 7) is 7.68. The highest BCUT2D eigenvalue weighted by atomic mass is 16.6. The lowest BCUT2D eigenvalue weighted by Crippen LogP contribution is -2.33. The number of anilines is 1. The third-order valence-corrected chi connectivity index (χ3v) is 4.36. The van der Waals surface area contributed by atoms with Crippen molar-refractivity contribution in [3.8, 4) is 5.75 Å². The number of nitrogens with one attached hydrogen (secondary N) is 1. The van der Waals surface area contributed by atoms with Gasteiger partial charge in [0.05, 0.1) is 65.6 Å². The molecule has 3 N–H and O–H groups in total. The molecular formula is C21H36N2O6. The Morgan fingerprint density at radius 3 is 1.72 bits per heavy atom. The maximum Gasteiger partial charge on any atom is 0.119 e. The van der Waals surface area contributed by atoms with Crippen LogP contribution in [-0.2, 0) is 23.7 Å². The van der Waals surface area contributed by atoms with E-state index in [0.29, 0.717) is 72.2 Å². The lowest BCUT2D eigenvalue weighted by atomic mass is 10.1. The Bertz CT molecular complexity index is 496. The summed E-state index contributed by atoms with van der Waals surface area (Å²) in [5, 5.41) is 3.32. The van der Waals surface area contributed by atoms with E-state index in [1.165, 1.54) is 0 Å². The summed E-state index contributed by atoms with van der Waals surface area (Å²) < 4.78 is 33.2. The van der Waals surface area contributed by atoms with Gasteiger partial charge in [0.2, 0.25) is 0 Å². The van der Waals surface area contributed by atoms with E-state index in [4.69, 9.17) is 34.2 Å². The number of piperidine rings is 1. The van der Waals surface area contributed by atoms with Gasteiger partial charge in [-0.3, -0.25) is 0 Å². The van der Waals surface area contributed by atoms with Crippen LogP contribution < -0.4 is 15.8 Å². The second kappa shape index (κ2) is 16.4. The summed E-state index contributed by atoms with van der Waals surface area (Å²) in [6, 6.07) is 7.30. The molecular weight excluding hydrogens is 376 g/mol. The van der Waals surface area contributed by atoms with Crippen molar-refractivity contribution < 1.29 is 28.4 Å². The first kappa shape index (κ1) is 23.9. The van der Waals surface area contributed by atoms with Crippen molar-refractivity contribution in [2.24, 2.45) is 0 Å². The fourth-order valence-corrected chi connectivity index (χ4v) is 2.78. The molecule has 0 bridgehead atoms. The molecule has 29 heavy (non-hydrogen) atoms. The Balaban J connectivity index is 1.24. The monoisotopic (exact) mass is 412 g/mol. The van der Waals surface area contributed by atoms with Gasteiger partial charge >= 0.3 is 0 Å². The first-order valence-electron chi connectivity index (χ1n) is 10.5. The summed E-state index contributed by atoms with van der Waals surface area (Å²) in [5.74, 6) is 0.787. The molecule has 0 unspecified atom stereocenters. The first-order chi connectivity index (χ1) is 14.3. The summed E-state index contributed by atoms with van der Waals surface area (Å²) in [7, 11) is 0. The van der Waals surface area contributed by atoms with Gasteiger partial charge in [-0.1, -0.05) is 0 Å². The maximum absolute atomic E-state index is 5.77. The second-order valence-electron chi connectivity index (χ2n) is 6.69. The molecule has 0 amide bonds. The molecule has 1 aliphatic rings. The fraction of sp³-hybridized carbons (Fsp3) is 0.714. The van der Waals surface area contributed by atoms with Crippen LogP contribution >= 0.6 is 0 Å². The van der Waals surface area contributed by atoms with Crippen LogP contribution in [0.1, 0.15) is 12.8 Å². The highest BCUT2D eigenvalue weighted by Gasteiger charge is 2.12. The van der Waals surface area contributed by atoms with Crippen LogP contribution in [0.25, 0.3) is 0 Å². The summed E-state index contributed by atoms with van der Waals surface area (Å²) in [5.41, 5.74) is 6.34. The van der Waals surface area contributed by atoms with Crippen molar-refractivity contribution in [2.75, 3.05) is 84.9 Å². The summed E-state index contributed by atoms with van der Waals surface area (Å²) in [4.78, 5) is 0. The van der Waals surface area contributed by atoms with Crippen molar-refractivity contribution in [3.05, 3.63) is 24.3 Å². The number of benzene rings is 1. The van der Waals surface area contributed by atoms with Gasteiger partial charge in [0.25, 0.3) is 0 Å². The average molecular weight is 413 g/mol. The Morgan fingerprint density at radius 1 is 0.690 bits per heavy atom. The van der Waals surface area contributed by atoms with E-state index in [9.17, 15) is 0 Å².